The standard InChI is InChI=1S/C14H16N4O/c1-9-3-5-11(6-4-9)17-14(19)12-8-16-10(2)7-13(12)18-15/h3-8H,15H2,1-2H3,(H,16,18)(H,17,19). The minimum Gasteiger partial charge on any atom is -0.323 e. The molecule has 4 N–H and O–H groups in total. The van der Waals surface area contributed by atoms with Gasteiger partial charge in [0.25, 0.3) is 5.91 Å². The lowest BCUT2D eigenvalue weighted by Crippen LogP contribution is -2.18. The first-order valence-corrected chi connectivity index (χ1v) is 5.91. The van der Waals surface area contributed by atoms with Crippen LogP contribution in [0.25, 0.3) is 0 Å². The van der Waals surface area contributed by atoms with Crippen LogP contribution in [0.15, 0.2) is 36.5 Å². The largest absolute Gasteiger partial charge is 0.323 e. The third kappa shape index (κ3) is 3.08. The highest BCUT2D eigenvalue weighted by Gasteiger charge is 2.12. The molecule has 0 saturated heterocycles. The van der Waals surface area contributed by atoms with E-state index in [0.29, 0.717) is 11.3 Å². The number of aryl methyl sites for hydroxylation is 2. The lowest BCUT2D eigenvalue weighted by Gasteiger charge is -2.10. The van der Waals surface area contributed by atoms with Crippen molar-refractivity contribution in [1.82, 2.24) is 4.98 Å². The third-order valence-corrected chi connectivity index (χ3v) is 2.75. The normalized spacial score (nSPS) is 10.1. The van der Waals surface area contributed by atoms with Crippen molar-refractivity contribution in [1.29, 1.82) is 0 Å². The Kier molecular flexibility index (Phi) is 3.77. The number of carbonyl (C=O) groups excluding carboxylic acids is 1. The van der Waals surface area contributed by atoms with Crippen LogP contribution in [-0.4, -0.2) is 10.9 Å². The summed E-state index contributed by atoms with van der Waals surface area (Å²) in [5.74, 6) is 5.17. The molecule has 0 bridgehead atoms. The van der Waals surface area contributed by atoms with Gasteiger partial charge in [-0.3, -0.25) is 15.6 Å². The molecule has 2 rings (SSSR count). The third-order valence-electron chi connectivity index (χ3n) is 2.75. The second-order valence-corrected chi connectivity index (χ2v) is 4.34. The van der Waals surface area contributed by atoms with Gasteiger partial charge in [-0.1, -0.05) is 17.7 Å². The van der Waals surface area contributed by atoms with Gasteiger partial charge in [-0.05, 0) is 32.0 Å². The fourth-order valence-electron chi connectivity index (χ4n) is 1.70. The highest BCUT2D eigenvalue weighted by atomic mass is 16.1. The van der Waals surface area contributed by atoms with Crippen LogP contribution >= 0.6 is 0 Å². The van der Waals surface area contributed by atoms with Crippen molar-refractivity contribution < 1.29 is 4.79 Å². The Morgan fingerprint density at radius 3 is 2.53 bits per heavy atom. The van der Waals surface area contributed by atoms with Gasteiger partial charge in [0.1, 0.15) is 0 Å². The fourth-order valence-corrected chi connectivity index (χ4v) is 1.70. The average molecular weight is 256 g/mol. The number of nitrogen functional groups attached to an aromatic ring is 1. The number of pyridine rings is 1. The minimum absolute atomic E-state index is 0.246. The van der Waals surface area contributed by atoms with Gasteiger partial charge < -0.3 is 10.7 Å². The second-order valence-electron chi connectivity index (χ2n) is 4.34. The molecule has 2 aromatic rings. The number of hydrazine groups is 1. The van der Waals surface area contributed by atoms with Crippen LogP contribution in [0.3, 0.4) is 0 Å². The average Bonchev–Trinajstić information content (AvgIpc) is 2.41. The predicted octanol–water partition coefficient (Wildman–Crippen LogP) is 2.24. The maximum atomic E-state index is 12.1. The molecule has 0 unspecified atom stereocenters. The Hall–Kier alpha value is -2.40. The predicted molar refractivity (Wildman–Crippen MR) is 75.9 cm³/mol. The fraction of sp³-hybridized carbons (Fsp3) is 0.143. The van der Waals surface area contributed by atoms with Gasteiger partial charge in [0.05, 0.1) is 11.3 Å². The van der Waals surface area contributed by atoms with Gasteiger partial charge in [-0.15, -0.1) is 0 Å². The van der Waals surface area contributed by atoms with E-state index < -0.39 is 0 Å². The number of aromatic nitrogens is 1. The summed E-state index contributed by atoms with van der Waals surface area (Å²) in [5.41, 5.74) is 6.14. The van der Waals surface area contributed by atoms with Gasteiger partial charge in [-0.25, -0.2) is 0 Å². The van der Waals surface area contributed by atoms with Crippen molar-refractivity contribution in [3.8, 4) is 0 Å². The molecule has 0 saturated carbocycles. The molecule has 1 heterocycles. The molecule has 0 aliphatic carbocycles. The van der Waals surface area contributed by atoms with E-state index in [-0.39, 0.29) is 5.91 Å². The zero-order chi connectivity index (χ0) is 13.8. The molecule has 0 spiro atoms. The van der Waals surface area contributed by atoms with Crippen LogP contribution in [0.2, 0.25) is 0 Å². The Morgan fingerprint density at radius 1 is 1.21 bits per heavy atom. The lowest BCUT2D eigenvalue weighted by atomic mass is 10.2. The van der Waals surface area contributed by atoms with Crippen LogP contribution in [0, 0.1) is 13.8 Å². The van der Waals surface area contributed by atoms with Crippen molar-refractivity contribution in [3.05, 3.63) is 53.3 Å². The Labute approximate surface area is 111 Å². The summed E-state index contributed by atoms with van der Waals surface area (Å²) in [5, 5.41) is 2.81. The Morgan fingerprint density at radius 2 is 1.89 bits per heavy atom. The number of rotatable bonds is 3. The van der Waals surface area contributed by atoms with Crippen molar-refractivity contribution in [3.63, 3.8) is 0 Å². The molecule has 0 radical (unpaired) electrons. The first-order valence-electron chi connectivity index (χ1n) is 5.91. The molecule has 0 atom stereocenters. The van der Waals surface area contributed by atoms with Gasteiger partial charge in [-0.2, -0.15) is 0 Å². The second kappa shape index (κ2) is 5.49. The number of hydrogen-bond acceptors (Lipinski definition) is 4. The van der Waals surface area contributed by atoms with Crippen LogP contribution in [-0.2, 0) is 0 Å². The lowest BCUT2D eigenvalue weighted by molar-refractivity contribution is 0.102. The van der Waals surface area contributed by atoms with E-state index in [0.717, 1.165) is 16.9 Å². The van der Waals surface area contributed by atoms with Crippen LogP contribution in [0.4, 0.5) is 11.4 Å². The molecular formula is C14H16N4O. The van der Waals surface area contributed by atoms with Gasteiger partial charge in [0.2, 0.25) is 0 Å². The molecule has 5 heteroatoms. The van der Waals surface area contributed by atoms with E-state index in [2.05, 4.69) is 15.7 Å². The van der Waals surface area contributed by atoms with Gasteiger partial charge >= 0.3 is 0 Å². The zero-order valence-electron chi connectivity index (χ0n) is 10.9. The number of nitrogens with zero attached hydrogens (tertiary/aromatic N) is 1. The van der Waals surface area contributed by atoms with E-state index in [9.17, 15) is 4.79 Å². The number of nitrogens with two attached hydrogens (primary N) is 1. The summed E-state index contributed by atoms with van der Waals surface area (Å²) in [4.78, 5) is 16.3. The number of benzene rings is 1. The molecule has 5 nitrogen and oxygen atoms in total. The zero-order valence-corrected chi connectivity index (χ0v) is 10.9. The van der Waals surface area contributed by atoms with E-state index in [4.69, 9.17) is 5.84 Å². The number of carbonyl (C=O) groups is 1. The molecular weight excluding hydrogens is 240 g/mol. The molecule has 19 heavy (non-hydrogen) atoms. The summed E-state index contributed by atoms with van der Waals surface area (Å²) < 4.78 is 0. The van der Waals surface area contributed by atoms with Crippen molar-refractivity contribution in [2.45, 2.75) is 13.8 Å². The summed E-state index contributed by atoms with van der Waals surface area (Å²) in [6.45, 7) is 3.83. The Bertz CT molecular complexity index is 593. The number of amides is 1. The molecule has 1 aromatic carbocycles. The highest BCUT2D eigenvalue weighted by Crippen LogP contribution is 2.17. The molecule has 0 fully saturated rings. The number of anilines is 2. The van der Waals surface area contributed by atoms with E-state index in [1.165, 1.54) is 6.20 Å². The Balaban J connectivity index is 2.22. The number of hydrogen-bond donors (Lipinski definition) is 3. The van der Waals surface area contributed by atoms with E-state index >= 15 is 0 Å². The first kappa shape index (κ1) is 13.0. The maximum absolute atomic E-state index is 12.1. The molecule has 1 aromatic heterocycles. The molecule has 1 amide bonds. The van der Waals surface area contributed by atoms with Crippen LogP contribution < -0.4 is 16.6 Å². The van der Waals surface area contributed by atoms with Crippen molar-refractivity contribution >= 4 is 17.3 Å². The molecule has 0 aliphatic rings. The molecule has 98 valence electrons. The van der Waals surface area contributed by atoms with Gasteiger partial charge in [0, 0.05) is 17.6 Å². The number of nitrogens with one attached hydrogen (secondary N) is 2. The smallest absolute Gasteiger partial charge is 0.259 e. The SMILES string of the molecule is Cc1ccc(NC(=O)c2cnc(C)cc2NN)cc1. The topological polar surface area (TPSA) is 80.0 Å². The maximum Gasteiger partial charge on any atom is 0.259 e. The van der Waals surface area contributed by atoms with Crippen molar-refractivity contribution in [2.24, 2.45) is 5.84 Å². The molecule has 0 aliphatic heterocycles. The van der Waals surface area contributed by atoms with Crippen LogP contribution in [0.1, 0.15) is 21.6 Å². The minimum atomic E-state index is -0.246. The van der Waals surface area contributed by atoms with E-state index in [1.807, 2.05) is 38.1 Å². The summed E-state index contributed by atoms with van der Waals surface area (Å²) in [6.07, 6.45) is 1.51. The highest BCUT2D eigenvalue weighted by molar-refractivity contribution is 6.07. The monoisotopic (exact) mass is 256 g/mol. The summed E-state index contributed by atoms with van der Waals surface area (Å²) in [7, 11) is 0. The van der Waals surface area contributed by atoms with Gasteiger partial charge in [0.15, 0.2) is 0 Å². The first-order chi connectivity index (χ1) is 9.10. The summed E-state index contributed by atoms with van der Waals surface area (Å²) in [6, 6.07) is 9.30. The van der Waals surface area contributed by atoms with Crippen LogP contribution in [0.5, 0.6) is 0 Å². The van der Waals surface area contributed by atoms with Crippen molar-refractivity contribution in [2.75, 3.05) is 10.7 Å². The summed E-state index contributed by atoms with van der Waals surface area (Å²) >= 11 is 0. The quantitative estimate of drug-likeness (QED) is 0.581. The van der Waals surface area contributed by atoms with E-state index in [1.54, 1.807) is 6.07 Å².